The van der Waals surface area contributed by atoms with Crippen LogP contribution in [0.15, 0.2) is 18.2 Å². The van der Waals surface area contributed by atoms with Gasteiger partial charge in [0.25, 0.3) is 0 Å². The first-order chi connectivity index (χ1) is 7.44. The van der Waals surface area contributed by atoms with Gasteiger partial charge in [0.2, 0.25) is 0 Å². The van der Waals surface area contributed by atoms with Crippen molar-refractivity contribution in [2.24, 2.45) is 0 Å². The van der Waals surface area contributed by atoms with Crippen LogP contribution < -0.4 is 4.90 Å². The van der Waals surface area contributed by atoms with Crippen molar-refractivity contribution in [1.82, 2.24) is 0 Å². The third-order valence-corrected chi connectivity index (χ3v) is 3.28. The quantitative estimate of drug-likeness (QED) is 0.730. The number of aldehydes is 1. The summed E-state index contributed by atoms with van der Waals surface area (Å²) < 4.78 is 13.4. The van der Waals surface area contributed by atoms with E-state index >= 15 is 0 Å². The zero-order valence-electron chi connectivity index (χ0n) is 10.2. The third kappa shape index (κ3) is 2.23. The average Bonchev–Trinajstić information content (AvgIpc) is 2.27. The van der Waals surface area contributed by atoms with Crippen LogP contribution in [0.1, 0.15) is 37.6 Å². The van der Waals surface area contributed by atoms with Crippen LogP contribution in [-0.2, 0) is 0 Å². The van der Waals surface area contributed by atoms with Crippen molar-refractivity contribution in [2.45, 2.75) is 32.7 Å². The zero-order valence-corrected chi connectivity index (χ0v) is 10.2. The second-order valence-corrected chi connectivity index (χ2v) is 4.52. The smallest absolute Gasteiger partial charge is 0.155 e. The first-order valence-electron chi connectivity index (χ1n) is 5.41. The Bertz CT molecular complexity index is 388. The molecular formula is C13H18FNO. The van der Waals surface area contributed by atoms with Crippen LogP contribution in [0.3, 0.4) is 0 Å². The lowest BCUT2D eigenvalue weighted by Crippen LogP contribution is -2.41. The number of rotatable bonds is 4. The molecule has 1 aromatic rings. The molecule has 0 radical (unpaired) electrons. The maximum atomic E-state index is 13.4. The van der Waals surface area contributed by atoms with Crippen molar-refractivity contribution in [1.29, 1.82) is 0 Å². The van der Waals surface area contributed by atoms with Crippen LogP contribution in [0.4, 0.5) is 10.1 Å². The molecular weight excluding hydrogens is 205 g/mol. The Kier molecular flexibility index (Phi) is 3.68. The van der Waals surface area contributed by atoms with Gasteiger partial charge in [-0.1, -0.05) is 13.0 Å². The molecule has 0 heterocycles. The Hall–Kier alpha value is -1.38. The minimum Gasteiger partial charge on any atom is -0.369 e. The number of benzene rings is 1. The van der Waals surface area contributed by atoms with Crippen LogP contribution in [0.5, 0.6) is 0 Å². The molecule has 0 aliphatic carbocycles. The van der Waals surface area contributed by atoms with Gasteiger partial charge in [-0.15, -0.1) is 0 Å². The van der Waals surface area contributed by atoms with E-state index in [0.717, 1.165) is 6.42 Å². The SMILES string of the molecule is CCC(C)(C)N(C)c1cccc(F)c1C=O. The topological polar surface area (TPSA) is 20.3 Å². The van der Waals surface area contributed by atoms with Gasteiger partial charge in [0.15, 0.2) is 6.29 Å². The number of halogens is 1. The van der Waals surface area contributed by atoms with Gasteiger partial charge in [-0.2, -0.15) is 0 Å². The largest absolute Gasteiger partial charge is 0.369 e. The molecule has 0 bridgehead atoms. The molecule has 0 atom stereocenters. The van der Waals surface area contributed by atoms with Gasteiger partial charge in [-0.05, 0) is 32.4 Å². The van der Waals surface area contributed by atoms with Crippen LogP contribution in [0, 0.1) is 5.82 Å². The standard InChI is InChI=1S/C13H18FNO/c1-5-13(2,3)15(4)12-8-6-7-11(14)10(12)9-16/h6-9H,5H2,1-4H3. The van der Waals surface area contributed by atoms with Crippen molar-refractivity contribution >= 4 is 12.0 Å². The summed E-state index contributed by atoms with van der Waals surface area (Å²) in [5.74, 6) is -0.466. The lowest BCUT2D eigenvalue weighted by molar-refractivity contribution is 0.112. The maximum absolute atomic E-state index is 13.4. The fourth-order valence-electron chi connectivity index (χ4n) is 1.50. The van der Waals surface area contributed by atoms with E-state index in [-0.39, 0.29) is 11.1 Å². The van der Waals surface area contributed by atoms with Crippen LogP contribution >= 0.6 is 0 Å². The van der Waals surface area contributed by atoms with Gasteiger partial charge in [0.05, 0.1) is 11.3 Å². The summed E-state index contributed by atoms with van der Waals surface area (Å²) >= 11 is 0. The second-order valence-electron chi connectivity index (χ2n) is 4.52. The van der Waals surface area contributed by atoms with Crippen LogP contribution in [0.25, 0.3) is 0 Å². The molecule has 88 valence electrons. The molecule has 16 heavy (non-hydrogen) atoms. The van der Waals surface area contributed by atoms with Crippen molar-refractivity contribution in [2.75, 3.05) is 11.9 Å². The first kappa shape index (κ1) is 12.7. The van der Waals surface area contributed by atoms with Gasteiger partial charge < -0.3 is 4.90 Å². The maximum Gasteiger partial charge on any atom is 0.155 e. The summed E-state index contributed by atoms with van der Waals surface area (Å²) in [6.07, 6.45) is 1.49. The molecule has 0 amide bonds. The van der Waals surface area contributed by atoms with E-state index < -0.39 is 5.82 Å². The molecule has 0 N–H and O–H groups in total. The zero-order chi connectivity index (χ0) is 12.3. The summed E-state index contributed by atoms with van der Waals surface area (Å²) in [4.78, 5) is 12.8. The summed E-state index contributed by atoms with van der Waals surface area (Å²) in [6, 6.07) is 4.70. The fraction of sp³-hybridized carbons (Fsp3) is 0.462. The van der Waals surface area contributed by atoms with Crippen molar-refractivity contribution < 1.29 is 9.18 Å². The van der Waals surface area contributed by atoms with E-state index in [9.17, 15) is 9.18 Å². The highest BCUT2D eigenvalue weighted by Gasteiger charge is 2.24. The molecule has 0 aliphatic rings. The van der Waals surface area contributed by atoms with Gasteiger partial charge in [-0.25, -0.2) is 4.39 Å². The number of hydrogen-bond acceptors (Lipinski definition) is 2. The van der Waals surface area contributed by atoms with E-state index in [1.54, 1.807) is 12.1 Å². The van der Waals surface area contributed by atoms with Crippen molar-refractivity contribution in [3.05, 3.63) is 29.6 Å². The molecule has 0 spiro atoms. The van der Waals surface area contributed by atoms with Crippen LogP contribution in [-0.4, -0.2) is 18.9 Å². The first-order valence-corrected chi connectivity index (χ1v) is 5.41. The minimum atomic E-state index is -0.466. The Morgan fingerprint density at radius 1 is 1.44 bits per heavy atom. The van der Waals surface area contributed by atoms with Gasteiger partial charge in [0.1, 0.15) is 5.82 Å². The number of anilines is 1. The summed E-state index contributed by atoms with van der Waals surface area (Å²) in [5, 5.41) is 0. The molecule has 0 saturated carbocycles. The monoisotopic (exact) mass is 223 g/mol. The third-order valence-electron chi connectivity index (χ3n) is 3.28. The minimum absolute atomic E-state index is 0.106. The average molecular weight is 223 g/mol. The summed E-state index contributed by atoms with van der Waals surface area (Å²) in [5.41, 5.74) is 0.666. The number of carbonyl (C=O) groups excluding carboxylic acids is 1. The highest BCUT2D eigenvalue weighted by molar-refractivity contribution is 5.85. The van der Waals surface area contributed by atoms with Gasteiger partial charge in [-0.3, -0.25) is 4.79 Å². The van der Waals surface area contributed by atoms with E-state index in [4.69, 9.17) is 0 Å². The lowest BCUT2D eigenvalue weighted by atomic mass is 9.98. The number of hydrogen-bond donors (Lipinski definition) is 0. The molecule has 1 rings (SSSR count). The van der Waals surface area contributed by atoms with Crippen molar-refractivity contribution in [3.8, 4) is 0 Å². The molecule has 0 unspecified atom stereocenters. The van der Waals surface area contributed by atoms with Gasteiger partial charge >= 0.3 is 0 Å². The van der Waals surface area contributed by atoms with E-state index in [1.807, 2.05) is 11.9 Å². The fourth-order valence-corrected chi connectivity index (χ4v) is 1.50. The highest BCUT2D eigenvalue weighted by Crippen LogP contribution is 2.28. The Morgan fingerprint density at radius 3 is 2.56 bits per heavy atom. The molecule has 0 aromatic heterocycles. The summed E-state index contributed by atoms with van der Waals surface area (Å²) in [6.45, 7) is 6.19. The molecule has 1 aromatic carbocycles. The Morgan fingerprint density at radius 2 is 2.06 bits per heavy atom. The van der Waals surface area contributed by atoms with E-state index in [2.05, 4.69) is 20.8 Å². The van der Waals surface area contributed by atoms with E-state index in [0.29, 0.717) is 12.0 Å². The summed E-state index contributed by atoms with van der Waals surface area (Å²) in [7, 11) is 1.88. The van der Waals surface area contributed by atoms with Crippen molar-refractivity contribution in [3.63, 3.8) is 0 Å². The molecule has 3 heteroatoms. The lowest BCUT2D eigenvalue weighted by Gasteiger charge is -2.37. The Labute approximate surface area is 96.1 Å². The normalized spacial score (nSPS) is 11.3. The molecule has 0 fully saturated rings. The highest BCUT2D eigenvalue weighted by atomic mass is 19.1. The predicted molar refractivity (Wildman–Crippen MR) is 64.6 cm³/mol. The molecule has 0 aliphatic heterocycles. The molecule has 2 nitrogen and oxygen atoms in total. The van der Waals surface area contributed by atoms with Gasteiger partial charge in [0, 0.05) is 12.6 Å². The predicted octanol–water partition coefficient (Wildman–Crippen LogP) is 3.26. The number of nitrogens with zero attached hydrogens (tertiary/aromatic N) is 1. The Balaban J connectivity index is 3.23. The number of carbonyl (C=O) groups is 1. The van der Waals surface area contributed by atoms with Crippen LogP contribution in [0.2, 0.25) is 0 Å². The van der Waals surface area contributed by atoms with E-state index in [1.165, 1.54) is 6.07 Å². The second kappa shape index (κ2) is 4.64. The molecule has 0 saturated heterocycles.